The van der Waals surface area contributed by atoms with E-state index in [-0.39, 0.29) is 0 Å². The Morgan fingerprint density at radius 1 is 1.05 bits per heavy atom. The van der Waals surface area contributed by atoms with Gasteiger partial charge in [-0.1, -0.05) is 44.9 Å². The summed E-state index contributed by atoms with van der Waals surface area (Å²) in [5, 5.41) is 14.4. The maximum Gasteiger partial charge on any atom is 0.320 e. The van der Waals surface area contributed by atoms with Gasteiger partial charge in [-0.3, -0.25) is 0 Å². The van der Waals surface area contributed by atoms with Crippen LogP contribution in [0.5, 0.6) is 0 Å². The van der Waals surface area contributed by atoms with Crippen LogP contribution in [-0.2, 0) is 6.54 Å². The van der Waals surface area contributed by atoms with Crippen molar-refractivity contribution in [3.8, 4) is 0 Å². The van der Waals surface area contributed by atoms with Gasteiger partial charge in [0.2, 0.25) is 5.89 Å². The number of rotatable bonds is 7. The topological polar surface area (TPSA) is 63.0 Å². The van der Waals surface area contributed by atoms with Crippen LogP contribution in [0.2, 0.25) is 0 Å². The van der Waals surface area contributed by atoms with Gasteiger partial charge in [-0.05, 0) is 36.1 Å². The molecule has 1 aromatic heterocycles. The van der Waals surface area contributed by atoms with Crippen LogP contribution in [0.3, 0.4) is 0 Å². The molecule has 2 N–H and O–H groups in total. The first kappa shape index (κ1) is 15.5. The van der Waals surface area contributed by atoms with Gasteiger partial charge in [0.1, 0.15) is 0 Å². The molecule has 0 aliphatic rings. The molecule has 0 saturated heterocycles. The fourth-order valence-corrected chi connectivity index (χ4v) is 1.92. The Bertz CT molecular complexity index is 546. The maximum absolute atomic E-state index is 5.55. The Kier molecular flexibility index (Phi) is 5.33. The molecular formula is C16H24N4O. The molecule has 5 heteroatoms. The van der Waals surface area contributed by atoms with Gasteiger partial charge in [0.05, 0.1) is 6.54 Å². The molecule has 0 spiro atoms. The first-order valence-corrected chi connectivity index (χ1v) is 7.44. The number of benzene rings is 1. The van der Waals surface area contributed by atoms with Crippen LogP contribution < -0.4 is 10.6 Å². The minimum absolute atomic E-state index is 0.425. The summed E-state index contributed by atoms with van der Waals surface area (Å²) in [6.45, 7) is 10.2. The fraction of sp³-hybridized carbons (Fsp3) is 0.500. The zero-order valence-electron chi connectivity index (χ0n) is 13.2. The lowest BCUT2D eigenvalue weighted by atomic mass is 10.0. The molecular weight excluding hydrogens is 264 g/mol. The molecule has 0 atom stereocenters. The van der Waals surface area contributed by atoms with Crippen molar-refractivity contribution in [2.45, 2.75) is 40.2 Å². The highest BCUT2D eigenvalue weighted by Crippen LogP contribution is 2.19. The molecule has 0 aliphatic heterocycles. The summed E-state index contributed by atoms with van der Waals surface area (Å²) in [5.74, 6) is 1.73. The van der Waals surface area contributed by atoms with E-state index in [1.54, 1.807) is 0 Å². The molecule has 0 fully saturated rings. The van der Waals surface area contributed by atoms with Crippen LogP contribution in [0.1, 0.15) is 45.1 Å². The number of hydrogen-bond acceptors (Lipinski definition) is 5. The Morgan fingerprint density at radius 3 is 2.38 bits per heavy atom. The van der Waals surface area contributed by atoms with E-state index in [0.29, 0.717) is 30.3 Å². The zero-order chi connectivity index (χ0) is 15.2. The van der Waals surface area contributed by atoms with Crippen molar-refractivity contribution in [1.82, 2.24) is 15.5 Å². The minimum atomic E-state index is 0.425. The molecule has 114 valence electrons. The highest BCUT2D eigenvalue weighted by Gasteiger charge is 2.06. The van der Waals surface area contributed by atoms with E-state index < -0.39 is 0 Å². The molecule has 1 aromatic carbocycles. The molecule has 2 aromatic rings. The number of nitrogens with one attached hydrogen (secondary N) is 2. The van der Waals surface area contributed by atoms with Crippen molar-refractivity contribution >= 4 is 11.7 Å². The van der Waals surface area contributed by atoms with Crippen molar-refractivity contribution in [3.05, 3.63) is 35.7 Å². The Balaban J connectivity index is 1.89. The molecule has 21 heavy (non-hydrogen) atoms. The number of aromatic nitrogens is 2. The van der Waals surface area contributed by atoms with Gasteiger partial charge in [0, 0.05) is 5.69 Å². The summed E-state index contributed by atoms with van der Waals surface area (Å²) in [5.41, 5.74) is 2.26. The van der Waals surface area contributed by atoms with Crippen molar-refractivity contribution < 1.29 is 4.42 Å². The number of anilines is 2. The molecule has 0 saturated carbocycles. The van der Waals surface area contributed by atoms with E-state index in [9.17, 15) is 0 Å². The van der Waals surface area contributed by atoms with E-state index in [1.165, 1.54) is 5.56 Å². The van der Waals surface area contributed by atoms with Crippen molar-refractivity contribution in [2.24, 2.45) is 5.92 Å². The van der Waals surface area contributed by atoms with E-state index in [1.807, 2.05) is 12.1 Å². The van der Waals surface area contributed by atoms with Crippen molar-refractivity contribution in [1.29, 1.82) is 0 Å². The third-order valence-corrected chi connectivity index (χ3v) is 3.12. The molecule has 0 aliphatic carbocycles. The molecule has 0 radical (unpaired) electrons. The van der Waals surface area contributed by atoms with Crippen LogP contribution in [0, 0.1) is 5.92 Å². The van der Waals surface area contributed by atoms with Crippen molar-refractivity contribution in [2.75, 3.05) is 11.9 Å². The molecule has 0 bridgehead atoms. The lowest BCUT2D eigenvalue weighted by Gasteiger charge is -2.06. The summed E-state index contributed by atoms with van der Waals surface area (Å²) in [7, 11) is 0. The summed E-state index contributed by atoms with van der Waals surface area (Å²) in [6, 6.07) is 8.68. The van der Waals surface area contributed by atoms with Crippen LogP contribution in [0.4, 0.5) is 11.7 Å². The van der Waals surface area contributed by atoms with Gasteiger partial charge >= 0.3 is 6.01 Å². The predicted octanol–water partition coefficient (Wildman–Crippen LogP) is 3.68. The molecule has 0 amide bonds. The summed E-state index contributed by atoms with van der Waals surface area (Å²) in [4.78, 5) is 0. The first-order chi connectivity index (χ1) is 10.0. The average Bonchev–Trinajstić information content (AvgIpc) is 2.86. The quantitative estimate of drug-likeness (QED) is 0.813. The van der Waals surface area contributed by atoms with Gasteiger partial charge in [0.15, 0.2) is 0 Å². The minimum Gasteiger partial charge on any atom is -0.406 e. The molecule has 1 heterocycles. The molecule has 2 rings (SSSR count). The molecule has 0 unspecified atom stereocenters. The van der Waals surface area contributed by atoms with Crippen LogP contribution in [-0.4, -0.2) is 16.7 Å². The monoisotopic (exact) mass is 288 g/mol. The van der Waals surface area contributed by atoms with Crippen molar-refractivity contribution in [3.63, 3.8) is 0 Å². The third-order valence-electron chi connectivity index (χ3n) is 3.12. The lowest BCUT2D eigenvalue weighted by Crippen LogP contribution is -2.19. The maximum atomic E-state index is 5.55. The molecule has 5 nitrogen and oxygen atoms in total. The zero-order valence-corrected chi connectivity index (χ0v) is 13.2. The fourth-order valence-electron chi connectivity index (χ4n) is 1.92. The summed E-state index contributed by atoms with van der Waals surface area (Å²) < 4.78 is 5.55. The number of hydrogen-bond donors (Lipinski definition) is 2. The highest BCUT2D eigenvalue weighted by atomic mass is 16.4. The standard InChI is InChI=1S/C16H24N4O/c1-11(2)9-17-10-15-19-20-16(21-15)18-14-7-5-13(6-8-14)12(3)4/h5-8,11-12,17H,9-10H2,1-4H3,(H,18,20). The van der Waals surface area contributed by atoms with Gasteiger partial charge in [-0.15, -0.1) is 5.10 Å². The van der Waals surface area contributed by atoms with Crippen LogP contribution in [0.25, 0.3) is 0 Å². The van der Waals surface area contributed by atoms with E-state index in [4.69, 9.17) is 4.42 Å². The van der Waals surface area contributed by atoms with Gasteiger partial charge < -0.3 is 15.1 Å². The third kappa shape index (κ3) is 4.86. The average molecular weight is 288 g/mol. The second-order valence-electron chi connectivity index (χ2n) is 5.93. The predicted molar refractivity (Wildman–Crippen MR) is 84.7 cm³/mol. The Labute approximate surface area is 126 Å². The number of nitrogens with zero attached hydrogens (tertiary/aromatic N) is 2. The van der Waals surface area contributed by atoms with Gasteiger partial charge in [-0.25, -0.2) is 0 Å². The van der Waals surface area contributed by atoms with E-state index in [2.05, 4.69) is 60.7 Å². The lowest BCUT2D eigenvalue weighted by molar-refractivity contribution is 0.460. The largest absolute Gasteiger partial charge is 0.406 e. The smallest absolute Gasteiger partial charge is 0.320 e. The second-order valence-corrected chi connectivity index (χ2v) is 5.93. The van der Waals surface area contributed by atoms with Crippen LogP contribution >= 0.6 is 0 Å². The second kappa shape index (κ2) is 7.22. The van der Waals surface area contributed by atoms with Gasteiger partial charge in [0.25, 0.3) is 0 Å². The highest BCUT2D eigenvalue weighted by molar-refractivity contribution is 5.52. The Morgan fingerprint density at radius 2 is 1.76 bits per heavy atom. The SMILES string of the molecule is CC(C)CNCc1nnc(Nc2ccc(C(C)C)cc2)o1. The summed E-state index contributed by atoms with van der Waals surface area (Å²) >= 11 is 0. The van der Waals surface area contributed by atoms with Gasteiger partial charge in [-0.2, -0.15) is 0 Å². The van der Waals surface area contributed by atoms with E-state index >= 15 is 0 Å². The summed E-state index contributed by atoms with van der Waals surface area (Å²) in [6.07, 6.45) is 0. The first-order valence-electron chi connectivity index (χ1n) is 7.44. The van der Waals surface area contributed by atoms with E-state index in [0.717, 1.165) is 12.2 Å². The normalized spacial score (nSPS) is 11.3. The Hall–Kier alpha value is -1.88. The van der Waals surface area contributed by atoms with Crippen LogP contribution in [0.15, 0.2) is 28.7 Å².